The van der Waals surface area contributed by atoms with Gasteiger partial charge in [0.2, 0.25) is 0 Å². The molecule has 0 heterocycles. The second kappa shape index (κ2) is 11.0. The molecular formula is C26H29NO5S. The number of carbonyl (C=O) groups excluding carboxylic acids is 1. The van der Waals surface area contributed by atoms with Crippen molar-refractivity contribution in [2.45, 2.75) is 24.8 Å². The summed E-state index contributed by atoms with van der Waals surface area (Å²) < 4.78 is 34.8. The van der Waals surface area contributed by atoms with E-state index in [-0.39, 0.29) is 10.8 Å². The molecule has 0 aromatic heterocycles. The summed E-state index contributed by atoms with van der Waals surface area (Å²) in [7, 11) is -1.54. The normalized spacial score (nSPS) is 11.1. The summed E-state index contributed by atoms with van der Waals surface area (Å²) in [6, 6.07) is 21.7. The van der Waals surface area contributed by atoms with Crippen LogP contribution in [-0.2, 0) is 16.4 Å². The van der Waals surface area contributed by atoms with E-state index in [2.05, 4.69) is 6.07 Å². The van der Waals surface area contributed by atoms with Gasteiger partial charge in [0.15, 0.2) is 9.84 Å². The van der Waals surface area contributed by atoms with Gasteiger partial charge in [-0.1, -0.05) is 42.0 Å². The van der Waals surface area contributed by atoms with Gasteiger partial charge in [0.05, 0.1) is 11.5 Å². The Balaban J connectivity index is 1.49. The summed E-state index contributed by atoms with van der Waals surface area (Å²) in [5.41, 5.74) is 2.81. The number of amides is 1. The number of rotatable bonds is 10. The lowest BCUT2D eigenvalue weighted by Gasteiger charge is -2.18. The first-order valence-electron chi connectivity index (χ1n) is 10.7. The molecule has 3 aromatic rings. The first-order chi connectivity index (χ1) is 15.7. The van der Waals surface area contributed by atoms with E-state index in [0.717, 1.165) is 11.8 Å². The summed E-state index contributed by atoms with van der Waals surface area (Å²) in [6.45, 7) is 3.34. The zero-order valence-electron chi connectivity index (χ0n) is 19.2. The van der Waals surface area contributed by atoms with E-state index in [9.17, 15) is 13.2 Å². The van der Waals surface area contributed by atoms with Gasteiger partial charge in [-0.2, -0.15) is 0 Å². The van der Waals surface area contributed by atoms with Gasteiger partial charge in [0.25, 0.3) is 5.91 Å². The molecular weight excluding hydrogens is 438 g/mol. The van der Waals surface area contributed by atoms with Crippen LogP contribution in [0.15, 0.2) is 77.7 Å². The second-order valence-corrected chi connectivity index (χ2v) is 10.00. The van der Waals surface area contributed by atoms with Gasteiger partial charge >= 0.3 is 0 Å². The highest BCUT2D eigenvalue weighted by Crippen LogP contribution is 2.19. The number of aryl methyl sites for hydroxylation is 1. The Morgan fingerprint density at radius 3 is 2.33 bits per heavy atom. The molecule has 174 valence electrons. The van der Waals surface area contributed by atoms with E-state index in [1.807, 2.05) is 37.3 Å². The van der Waals surface area contributed by atoms with Crippen molar-refractivity contribution in [1.29, 1.82) is 0 Å². The molecule has 3 rings (SSSR count). The Morgan fingerprint density at radius 1 is 0.909 bits per heavy atom. The standard InChI is InChI=1S/C26H29NO5S/c1-20-8-4-9-21(16-20)19-32-23-11-5-10-22(17-23)26(28)27(2)14-7-15-31-24-12-6-13-25(18-24)33(3,29)30/h4-6,8-13,16-18H,7,14-15,19H2,1-3H3. The molecule has 0 bridgehead atoms. The second-order valence-electron chi connectivity index (χ2n) is 7.98. The number of benzene rings is 3. The van der Waals surface area contributed by atoms with Crippen LogP contribution in [0.25, 0.3) is 0 Å². The lowest BCUT2D eigenvalue weighted by Crippen LogP contribution is -2.28. The molecule has 0 aliphatic rings. The van der Waals surface area contributed by atoms with E-state index in [1.54, 1.807) is 36.2 Å². The lowest BCUT2D eigenvalue weighted by molar-refractivity contribution is 0.0787. The summed E-state index contributed by atoms with van der Waals surface area (Å²) in [6.07, 6.45) is 1.77. The molecule has 6 nitrogen and oxygen atoms in total. The highest BCUT2D eigenvalue weighted by atomic mass is 32.2. The van der Waals surface area contributed by atoms with Crippen LogP contribution in [-0.4, -0.2) is 45.7 Å². The SMILES string of the molecule is Cc1cccc(COc2cccc(C(=O)N(C)CCCOc3cccc(S(C)(=O)=O)c3)c2)c1. The zero-order valence-corrected chi connectivity index (χ0v) is 20.0. The number of ether oxygens (including phenoxy) is 2. The van der Waals surface area contributed by atoms with Gasteiger partial charge < -0.3 is 14.4 Å². The molecule has 0 unspecified atom stereocenters. The predicted octanol–water partition coefficient (Wildman–Crippen LogP) is 4.52. The largest absolute Gasteiger partial charge is 0.493 e. The molecule has 7 heteroatoms. The molecule has 0 fully saturated rings. The van der Waals surface area contributed by atoms with Crippen molar-refractivity contribution in [2.75, 3.05) is 26.5 Å². The minimum Gasteiger partial charge on any atom is -0.493 e. The molecule has 0 atom stereocenters. The number of carbonyl (C=O) groups is 1. The van der Waals surface area contributed by atoms with E-state index in [1.165, 1.54) is 17.7 Å². The summed E-state index contributed by atoms with van der Waals surface area (Å²) in [5, 5.41) is 0. The maximum Gasteiger partial charge on any atom is 0.253 e. The van der Waals surface area contributed by atoms with Gasteiger partial charge in [-0.3, -0.25) is 4.79 Å². The van der Waals surface area contributed by atoms with Gasteiger partial charge in [-0.15, -0.1) is 0 Å². The van der Waals surface area contributed by atoms with Crippen molar-refractivity contribution in [1.82, 2.24) is 4.90 Å². The van der Waals surface area contributed by atoms with E-state index in [4.69, 9.17) is 9.47 Å². The Kier molecular flexibility index (Phi) is 8.11. The average Bonchev–Trinajstić information content (AvgIpc) is 2.80. The topological polar surface area (TPSA) is 72.9 Å². The van der Waals surface area contributed by atoms with E-state index >= 15 is 0 Å². The maximum atomic E-state index is 12.8. The third kappa shape index (κ3) is 7.36. The number of hydrogen-bond acceptors (Lipinski definition) is 5. The summed E-state index contributed by atoms with van der Waals surface area (Å²) >= 11 is 0. The fraction of sp³-hybridized carbons (Fsp3) is 0.269. The third-order valence-electron chi connectivity index (χ3n) is 5.06. The third-order valence-corrected chi connectivity index (χ3v) is 6.17. The molecule has 0 N–H and O–H groups in total. The zero-order chi connectivity index (χ0) is 23.8. The molecule has 0 saturated heterocycles. The van der Waals surface area contributed by atoms with Crippen molar-refractivity contribution < 1.29 is 22.7 Å². The Morgan fingerprint density at radius 2 is 1.61 bits per heavy atom. The first-order valence-corrected chi connectivity index (χ1v) is 12.6. The highest BCUT2D eigenvalue weighted by molar-refractivity contribution is 7.90. The predicted molar refractivity (Wildman–Crippen MR) is 129 cm³/mol. The van der Waals surface area contributed by atoms with Gasteiger partial charge in [0, 0.05) is 25.4 Å². The van der Waals surface area contributed by atoms with Crippen LogP contribution in [0.5, 0.6) is 11.5 Å². The quantitative estimate of drug-likeness (QED) is 0.410. The van der Waals surface area contributed by atoms with E-state index in [0.29, 0.717) is 43.2 Å². The summed E-state index contributed by atoms with van der Waals surface area (Å²) in [4.78, 5) is 14.7. The van der Waals surface area contributed by atoms with Gasteiger partial charge in [-0.05, 0) is 55.3 Å². The number of hydrogen-bond donors (Lipinski definition) is 0. The molecule has 0 aliphatic heterocycles. The molecule has 3 aromatic carbocycles. The Labute approximate surface area is 195 Å². The molecule has 0 saturated carbocycles. The van der Waals surface area contributed by atoms with Crippen LogP contribution in [0.4, 0.5) is 0 Å². The van der Waals surface area contributed by atoms with Crippen LogP contribution >= 0.6 is 0 Å². The van der Waals surface area contributed by atoms with Crippen molar-refractivity contribution in [2.24, 2.45) is 0 Å². The molecule has 1 amide bonds. The van der Waals surface area contributed by atoms with Crippen LogP contribution < -0.4 is 9.47 Å². The molecule has 0 radical (unpaired) electrons. The van der Waals surface area contributed by atoms with Crippen molar-refractivity contribution in [3.8, 4) is 11.5 Å². The average molecular weight is 468 g/mol. The highest BCUT2D eigenvalue weighted by Gasteiger charge is 2.13. The molecule has 0 aliphatic carbocycles. The van der Waals surface area contributed by atoms with Gasteiger partial charge in [-0.25, -0.2) is 8.42 Å². The fourth-order valence-corrected chi connectivity index (χ4v) is 3.95. The maximum absolute atomic E-state index is 12.8. The number of sulfone groups is 1. The fourth-order valence-electron chi connectivity index (χ4n) is 3.30. The lowest BCUT2D eigenvalue weighted by atomic mass is 10.1. The minimum absolute atomic E-state index is 0.102. The monoisotopic (exact) mass is 467 g/mol. The molecule has 33 heavy (non-hydrogen) atoms. The summed E-state index contributed by atoms with van der Waals surface area (Å²) in [5.74, 6) is 1.03. The first kappa shape index (κ1) is 24.3. The minimum atomic E-state index is -3.28. The van der Waals surface area contributed by atoms with Crippen LogP contribution in [0, 0.1) is 6.92 Å². The van der Waals surface area contributed by atoms with Gasteiger partial charge in [0.1, 0.15) is 18.1 Å². The van der Waals surface area contributed by atoms with Crippen LogP contribution in [0.3, 0.4) is 0 Å². The van der Waals surface area contributed by atoms with Crippen LogP contribution in [0.2, 0.25) is 0 Å². The smallest absolute Gasteiger partial charge is 0.253 e. The Bertz CT molecular complexity index is 1210. The number of nitrogens with zero attached hydrogens (tertiary/aromatic N) is 1. The van der Waals surface area contributed by atoms with Crippen molar-refractivity contribution >= 4 is 15.7 Å². The Hall–Kier alpha value is -3.32. The van der Waals surface area contributed by atoms with Crippen molar-refractivity contribution in [3.63, 3.8) is 0 Å². The van der Waals surface area contributed by atoms with Crippen LogP contribution in [0.1, 0.15) is 27.9 Å². The van der Waals surface area contributed by atoms with E-state index < -0.39 is 9.84 Å². The van der Waals surface area contributed by atoms with Crippen molar-refractivity contribution in [3.05, 3.63) is 89.5 Å². The molecule has 0 spiro atoms.